The van der Waals surface area contributed by atoms with Gasteiger partial charge in [-0.1, -0.05) is 18.2 Å². The highest BCUT2D eigenvalue weighted by atomic mass is 32.1. The van der Waals surface area contributed by atoms with Crippen molar-refractivity contribution in [1.82, 2.24) is 0 Å². The van der Waals surface area contributed by atoms with E-state index in [-0.39, 0.29) is 11.9 Å². The number of carbonyl (C=O) groups excluding carboxylic acids is 1. The van der Waals surface area contributed by atoms with Crippen LogP contribution in [0.15, 0.2) is 42.5 Å². The first kappa shape index (κ1) is 14.5. The lowest BCUT2D eigenvalue weighted by molar-refractivity contribution is 0.105. The van der Waals surface area contributed by atoms with Crippen molar-refractivity contribution in [3.05, 3.63) is 57.8 Å². The molecule has 0 radical (unpaired) electrons. The first-order valence-corrected chi connectivity index (χ1v) is 7.42. The van der Waals surface area contributed by atoms with Crippen molar-refractivity contribution >= 4 is 23.2 Å². The highest BCUT2D eigenvalue weighted by Gasteiger charge is 2.06. The van der Waals surface area contributed by atoms with Gasteiger partial charge in [0.15, 0.2) is 5.78 Å². The molecule has 0 aliphatic heterocycles. The molecule has 3 heteroatoms. The number of ketones is 1. The van der Waals surface area contributed by atoms with E-state index in [1.165, 1.54) is 11.3 Å². The molecule has 2 rings (SSSR count). The summed E-state index contributed by atoms with van der Waals surface area (Å²) in [5, 5.41) is 0. The van der Waals surface area contributed by atoms with Gasteiger partial charge in [0, 0.05) is 10.4 Å². The molecule has 2 nitrogen and oxygen atoms in total. The Morgan fingerprint density at radius 2 is 1.95 bits per heavy atom. The van der Waals surface area contributed by atoms with Gasteiger partial charge in [0.25, 0.3) is 0 Å². The molecule has 104 valence electrons. The van der Waals surface area contributed by atoms with Crippen molar-refractivity contribution in [3.63, 3.8) is 0 Å². The zero-order valence-corrected chi connectivity index (χ0v) is 12.7. The zero-order valence-electron chi connectivity index (χ0n) is 11.9. The molecule has 0 saturated carbocycles. The third kappa shape index (κ3) is 3.81. The van der Waals surface area contributed by atoms with Crippen LogP contribution in [0.1, 0.15) is 34.0 Å². The Hall–Kier alpha value is -1.87. The number of allylic oxidation sites excluding steroid dienone is 1. The zero-order chi connectivity index (χ0) is 14.5. The van der Waals surface area contributed by atoms with E-state index in [4.69, 9.17) is 4.74 Å². The van der Waals surface area contributed by atoms with Crippen LogP contribution in [-0.2, 0) is 0 Å². The molecule has 0 fully saturated rings. The van der Waals surface area contributed by atoms with Crippen molar-refractivity contribution in [3.8, 4) is 5.75 Å². The fraction of sp³-hybridized carbons (Fsp3) is 0.235. The van der Waals surface area contributed by atoms with Crippen LogP contribution in [0.2, 0.25) is 0 Å². The molecular formula is C17H18O2S. The van der Waals surface area contributed by atoms with Gasteiger partial charge >= 0.3 is 0 Å². The second kappa shape index (κ2) is 6.53. The van der Waals surface area contributed by atoms with E-state index in [1.54, 1.807) is 6.08 Å². The lowest BCUT2D eigenvalue weighted by atomic mass is 10.1. The molecule has 2 aromatic rings. The second-order valence-electron chi connectivity index (χ2n) is 4.81. The maximum Gasteiger partial charge on any atom is 0.195 e. The summed E-state index contributed by atoms with van der Waals surface area (Å²) in [4.78, 5) is 14.0. The van der Waals surface area contributed by atoms with Gasteiger partial charge in [-0.15, -0.1) is 11.3 Å². The predicted octanol–water partition coefficient (Wildman–Crippen LogP) is 4.74. The molecule has 20 heavy (non-hydrogen) atoms. The highest BCUT2D eigenvalue weighted by molar-refractivity contribution is 7.14. The Morgan fingerprint density at radius 1 is 1.20 bits per heavy atom. The van der Waals surface area contributed by atoms with E-state index >= 15 is 0 Å². The van der Waals surface area contributed by atoms with Crippen molar-refractivity contribution in [1.29, 1.82) is 0 Å². The maximum atomic E-state index is 12.0. The lowest BCUT2D eigenvalue weighted by Crippen LogP contribution is -2.06. The minimum Gasteiger partial charge on any atom is -0.490 e. The first-order valence-electron chi connectivity index (χ1n) is 6.61. The van der Waals surface area contributed by atoms with Crippen LogP contribution in [0.3, 0.4) is 0 Å². The number of rotatable bonds is 5. The van der Waals surface area contributed by atoms with Crippen LogP contribution >= 0.6 is 11.3 Å². The topological polar surface area (TPSA) is 26.3 Å². The fourth-order valence-corrected chi connectivity index (χ4v) is 2.58. The Bertz CT molecular complexity index is 623. The summed E-state index contributed by atoms with van der Waals surface area (Å²) < 4.78 is 5.73. The summed E-state index contributed by atoms with van der Waals surface area (Å²) in [5.74, 6) is 0.830. The van der Waals surface area contributed by atoms with Crippen molar-refractivity contribution in [2.75, 3.05) is 0 Å². The Balaban J connectivity index is 2.17. The molecule has 0 bridgehead atoms. The van der Waals surface area contributed by atoms with Gasteiger partial charge in [0.05, 0.1) is 11.0 Å². The molecule has 0 unspecified atom stereocenters. The monoisotopic (exact) mass is 286 g/mol. The number of benzene rings is 1. The third-order valence-corrected chi connectivity index (χ3v) is 3.69. The smallest absolute Gasteiger partial charge is 0.195 e. The molecule has 0 atom stereocenters. The molecule has 0 amide bonds. The summed E-state index contributed by atoms with van der Waals surface area (Å²) >= 11 is 1.51. The molecule has 0 N–H and O–H groups in total. The molecule has 1 heterocycles. The third-order valence-electron chi connectivity index (χ3n) is 2.68. The SMILES string of the molecule is Cc1ccc(C(=O)C=Cc2ccccc2OC(C)C)s1. The van der Waals surface area contributed by atoms with E-state index in [0.717, 1.165) is 21.1 Å². The van der Waals surface area contributed by atoms with Gasteiger partial charge < -0.3 is 4.74 Å². The van der Waals surface area contributed by atoms with Gasteiger partial charge in [-0.25, -0.2) is 0 Å². The first-order chi connectivity index (χ1) is 9.56. The second-order valence-corrected chi connectivity index (χ2v) is 6.10. The number of aryl methyl sites for hydroxylation is 1. The van der Waals surface area contributed by atoms with Gasteiger partial charge in [0.1, 0.15) is 5.75 Å². The van der Waals surface area contributed by atoms with E-state index < -0.39 is 0 Å². The molecule has 1 aromatic carbocycles. The lowest BCUT2D eigenvalue weighted by Gasteiger charge is -2.11. The van der Waals surface area contributed by atoms with E-state index in [2.05, 4.69) is 0 Å². The van der Waals surface area contributed by atoms with Gasteiger partial charge in [0.2, 0.25) is 0 Å². The number of ether oxygens (including phenoxy) is 1. The number of hydrogen-bond acceptors (Lipinski definition) is 3. The molecule has 0 aliphatic carbocycles. The number of carbonyl (C=O) groups is 1. The predicted molar refractivity (Wildman–Crippen MR) is 84.6 cm³/mol. The van der Waals surface area contributed by atoms with Crippen LogP contribution in [0.4, 0.5) is 0 Å². The van der Waals surface area contributed by atoms with E-state index in [9.17, 15) is 4.79 Å². The van der Waals surface area contributed by atoms with Crippen molar-refractivity contribution < 1.29 is 9.53 Å². The average molecular weight is 286 g/mol. The van der Waals surface area contributed by atoms with Gasteiger partial charge in [-0.05, 0) is 51.1 Å². The molecule has 1 aromatic heterocycles. The average Bonchev–Trinajstić information content (AvgIpc) is 2.83. The van der Waals surface area contributed by atoms with Gasteiger partial charge in [-0.3, -0.25) is 4.79 Å². The standard InChI is InChI=1S/C17H18O2S/c1-12(2)19-16-7-5-4-6-14(16)9-10-15(18)17-11-8-13(3)20-17/h4-12H,1-3H3. The minimum absolute atomic E-state index is 0.0300. The highest BCUT2D eigenvalue weighted by Crippen LogP contribution is 2.22. The quantitative estimate of drug-likeness (QED) is 0.586. The Morgan fingerprint density at radius 3 is 2.60 bits per heavy atom. The van der Waals surface area contributed by atoms with E-state index in [0.29, 0.717) is 0 Å². The largest absolute Gasteiger partial charge is 0.490 e. The Kier molecular flexibility index (Phi) is 4.74. The normalized spacial score (nSPS) is 11.2. The maximum absolute atomic E-state index is 12.0. The van der Waals surface area contributed by atoms with Gasteiger partial charge in [-0.2, -0.15) is 0 Å². The molecule has 0 saturated heterocycles. The summed E-state index contributed by atoms with van der Waals surface area (Å²) in [7, 11) is 0. The molecule has 0 spiro atoms. The van der Waals surface area contributed by atoms with Crippen LogP contribution in [-0.4, -0.2) is 11.9 Å². The fourth-order valence-electron chi connectivity index (χ4n) is 1.79. The van der Waals surface area contributed by atoms with Crippen LogP contribution in [0.25, 0.3) is 6.08 Å². The molecule has 0 aliphatic rings. The van der Waals surface area contributed by atoms with Crippen LogP contribution in [0.5, 0.6) is 5.75 Å². The molecular weight excluding hydrogens is 268 g/mol. The van der Waals surface area contributed by atoms with Crippen LogP contribution in [0, 0.1) is 6.92 Å². The summed E-state index contributed by atoms with van der Waals surface area (Å²) in [6.45, 7) is 5.97. The summed E-state index contributed by atoms with van der Waals surface area (Å²) in [6.07, 6.45) is 3.53. The van der Waals surface area contributed by atoms with E-state index in [1.807, 2.05) is 63.2 Å². The summed E-state index contributed by atoms with van der Waals surface area (Å²) in [5.41, 5.74) is 0.919. The van der Waals surface area contributed by atoms with Crippen LogP contribution < -0.4 is 4.74 Å². The van der Waals surface area contributed by atoms with Crippen molar-refractivity contribution in [2.24, 2.45) is 0 Å². The Labute approximate surface area is 123 Å². The number of para-hydroxylation sites is 1. The summed E-state index contributed by atoms with van der Waals surface area (Å²) in [6, 6.07) is 11.6. The number of thiophene rings is 1. The van der Waals surface area contributed by atoms with Crippen molar-refractivity contribution in [2.45, 2.75) is 26.9 Å². The number of hydrogen-bond donors (Lipinski definition) is 0. The minimum atomic E-state index is 0.0300.